The van der Waals surface area contributed by atoms with Gasteiger partial charge in [0.2, 0.25) is 0 Å². The minimum atomic E-state index is -0.612. The van der Waals surface area contributed by atoms with Gasteiger partial charge in [0.1, 0.15) is 18.5 Å². The molecule has 150 valence electrons. The monoisotopic (exact) mass is 447 g/mol. The Labute approximate surface area is 174 Å². The van der Waals surface area contributed by atoms with Crippen molar-refractivity contribution in [1.82, 2.24) is 4.90 Å². The Kier molecular flexibility index (Phi) is 7.24. The van der Waals surface area contributed by atoms with Crippen molar-refractivity contribution in [3.05, 3.63) is 64.1 Å². The van der Waals surface area contributed by atoms with Gasteiger partial charge in [0.05, 0.1) is 12.7 Å². The Morgan fingerprint density at radius 3 is 2.57 bits per heavy atom. The number of Topliss-reactive ketones (excluding diaryl/α,β-unsaturated/α-hetero) is 1. The van der Waals surface area contributed by atoms with E-state index >= 15 is 0 Å². The first-order chi connectivity index (χ1) is 13.4. The first-order valence-corrected chi connectivity index (χ1v) is 10.3. The minimum Gasteiger partial charge on any atom is -0.491 e. The molecule has 1 fully saturated rings. The number of hydrogen-bond donors (Lipinski definition) is 1. The largest absolute Gasteiger partial charge is 0.491 e. The molecule has 1 heterocycles. The van der Waals surface area contributed by atoms with Crippen molar-refractivity contribution in [1.29, 1.82) is 0 Å². The molecule has 0 radical (unpaired) electrons. The number of nitrogens with zero attached hydrogens (tertiary/aromatic N) is 1. The first kappa shape index (κ1) is 21.0. The number of rotatable bonds is 7. The van der Waals surface area contributed by atoms with Gasteiger partial charge in [-0.05, 0) is 55.8 Å². The van der Waals surface area contributed by atoms with Crippen LogP contribution in [0, 0.1) is 0 Å². The molecule has 3 atom stereocenters. The van der Waals surface area contributed by atoms with Gasteiger partial charge in [0.25, 0.3) is 0 Å². The quantitative estimate of drug-likeness (QED) is 0.653. The van der Waals surface area contributed by atoms with Crippen LogP contribution in [0.5, 0.6) is 5.75 Å². The van der Waals surface area contributed by atoms with Gasteiger partial charge in [-0.2, -0.15) is 0 Å². The molecule has 3 rings (SSSR count). The van der Waals surface area contributed by atoms with Crippen LogP contribution in [0.3, 0.4) is 0 Å². The second kappa shape index (κ2) is 9.65. The minimum absolute atomic E-state index is 0.0194. The molecule has 5 nitrogen and oxygen atoms in total. The molecule has 0 amide bonds. The summed E-state index contributed by atoms with van der Waals surface area (Å²) in [5.74, 6) is 0.667. The molecular weight excluding hydrogens is 422 g/mol. The van der Waals surface area contributed by atoms with Crippen molar-refractivity contribution in [3.8, 4) is 5.75 Å². The number of hydrogen-bond acceptors (Lipinski definition) is 5. The van der Waals surface area contributed by atoms with Gasteiger partial charge in [0.15, 0.2) is 5.78 Å². The van der Waals surface area contributed by atoms with Crippen LogP contribution in [0.1, 0.15) is 35.9 Å². The van der Waals surface area contributed by atoms with E-state index in [1.165, 1.54) is 6.92 Å². The van der Waals surface area contributed by atoms with Crippen molar-refractivity contribution in [2.75, 3.05) is 26.3 Å². The zero-order chi connectivity index (χ0) is 20.1. The van der Waals surface area contributed by atoms with Crippen molar-refractivity contribution < 1.29 is 19.4 Å². The lowest BCUT2D eigenvalue weighted by molar-refractivity contribution is -0.0804. The molecule has 0 aromatic heterocycles. The topological polar surface area (TPSA) is 59.0 Å². The fraction of sp³-hybridized carbons (Fsp3) is 0.409. The summed E-state index contributed by atoms with van der Waals surface area (Å²) in [6.07, 6.45) is -0.632. The van der Waals surface area contributed by atoms with Crippen LogP contribution in [0.25, 0.3) is 0 Å². The molecular formula is C22H26BrNO4. The maximum Gasteiger partial charge on any atom is 0.159 e. The summed E-state index contributed by atoms with van der Waals surface area (Å²) in [5.41, 5.74) is 1.78. The highest BCUT2D eigenvalue weighted by atomic mass is 79.9. The number of halogens is 1. The van der Waals surface area contributed by atoms with E-state index in [9.17, 15) is 9.90 Å². The predicted octanol–water partition coefficient (Wildman–Crippen LogP) is 3.85. The van der Waals surface area contributed by atoms with Gasteiger partial charge in [-0.1, -0.05) is 28.1 Å². The Balaban J connectivity index is 1.53. The zero-order valence-electron chi connectivity index (χ0n) is 16.2. The van der Waals surface area contributed by atoms with E-state index < -0.39 is 6.10 Å². The fourth-order valence-electron chi connectivity index (χ4n) is 3.42. The number of morpholine rings is 1. The van der Waals surface area contributed by atoms with Crippen LogP contribution in [0.2, 0.25) is 0 Å². The number of ether oxygens (including phenoxy) is 2. The summed E-state index contributed by atoms with van der Waals surface area (Å²) in [4.78, 5) is 13.6. The van der Waals surface area contributed by atoms with E-state index in [1.54, 1.807) is 24.3 Å². The van der Waals surface area contributed by atoms with Gasteiger partial charge < -0.3 is 14.6 Å². The average Bonchev–Trinajstić information content (AvgIpc) is 2.69. The Morgan fingerprint density at radius 1 is 1.25 bits per heavy atom. The molecule has 0 spiro atoms. The van der Waals surface area contributed by atoms with E-state index in [1.807, 2.05) is 12.1 Å². The highest BCUT2D eigenvalue weighted by molar-refractivity contribution is 9.10. The maximum absolute atomic E-state index is 11.3. The third-order valence-corrected chi connectivity index (χ3v) is 5.57. The molecule has 1 aliphatic rings. The molecule has 6 heteroatoms. The normalized spacial score (nSPS) is 21.3. The van der Waals surface area contributed by atoms with E-state index in [0.29, 0.717) is 24.5 Å². The zero-order valence-corrected chi connectivity index (χ0v) is 17.8. The van der Waals surface area contributed by atoms with Crippen molar-refractivity contribution in [3.63, 3.8) is 0 Å². The third kappa shape index (κ3) is 5.41. The van der Waals surface area contributed by atoms with Crippen molar-refractivity contribution in [2.45, 2.75) is 32.1 Å². The Morgan fingerprint density at radius 2 is 1.93 bits per heavy atom. The van der Waals surface area contributed by atoms with E-state index in [2.05, 4.69) is 39.9 Å². The molecule has 0 bridgehead atoms. The summed E-state index contributed by atoms with van der Waals surface area (Å²) in [6, 6.07) is 15.3. The van der Waals surface area contributed by atoms with Crippen molar-refractivity contribution in [2.24, 2.45) is 0 Å². The Bertz CT molecular complexity index is 778. The lowest BCUT2D eigenvalue weighted by Crippen LogP contribution is -2.49. The number of ketones is 1. The van der Waals surface area contributed by atoms with E-state index in [0.717, 1.165) is 16.6 Å². The van der Waals surface area contributed by atoms with Crippen LogP contribution >= 0.6 is 15.9 Å². The van der Waals surface area contributed by atoms with E-state index in [-0.39, 0.29) is 24.5 Å². The molecule has 0 saturated carbocycles. The van der Waals surface area contributed by atoms with Crippen LogP contribution in [-0.2, 0) is 4.74 Å². The number of carbonyl (C=O) groups is 1. The molecule has 0 aliphatic carbocycles. The molecule has 28 heavy (non-hydrogen) atoms. The number of β-amino-alcohol motifs (C(OH)–C–C–N with tert-alkyl or cyclic N) is 1. The second-order valence-electron chi connectivity index (χ2n) is 7.12. The van der Waals surface area contributed by atoms with Gasteiger partial charge in [-0.25, -0.2) is 0 Å². The molecule has 1 aliphatic heterocycles. The van der Waals surface area contributed by atoms with Gasteiger partial charge in [-0.3, -0.25) is 9.69 Å². The molecule has 1 N–H and O–H groups in total. The summed E-state index contributed by atoms with van der Waals surface area (Å²) < 4.78 is 12.7. The van der Waals surface area contributed by atoms with Gasteiger partial charge >= 0.3 is 0 Å². The SMILES string of the molecule is CC(=O)c1ccc(OCC(O)CN2CCOC(c3ccc(Br)cc3)C2C)cc1. The summed E-state index contributed by atoms with van der Waals surface area (Å²) in [5, 5.41) is 10.4. The fourth-order valence-corrected chi connectivity index (χ4v) is 3.68. The van der Waals surface area contributed by atoms with E-state index in [4.69, 9.17) is 9.47 Å². The molecule has 1 saturated heterocycles. The highest BCUT2D eigenvalue weighted by Crippen LogP contribution is 2.29. The van der Waals surface area contributed by atoms with Gasteiger partial charge in [-0.15, -0.1) is 0 Å². The van der Waals surface area contributed by atoms with Crippen LogP contribution in [-0.4, -0.2) is 54.2 Å². The smallest absolute Gasteiger partial charge is 0.159 e. The Hall–Kier alpha value is -1.73. The predicted molar refractivity (Wildman–Crippen MR) is 112 cm³/mol. The van der Waals surface area contributed by atoms with Crippen LogP contribution in [0.15, 0.2) is 53.0 Å². The third-order valence-electron chi connectivity index (χ3n) is 5.04. The lowest BCUT2D eigenvalue weighted by atomic mass is 10.0. The van der Waals surface area contributed by atoms with Gasteiger partial charge in [0, 0.05) is 29.2 Å². The number of benzene rings is 2. The number of carbonyl (C=O) groups excluding carboxylic acids is 1. The van der Waals surface area contributed by atoms with Crippen LogP contribution < -0.4 is 4.74 Å². The summed E-state index contributed by atoms with van der Waals surface area (Å²) in [7, 11) is 0. The summed E-state index contributed by atoms with van der Waals surface area (Å²) >= 11 is 3.46. The maximum atomic E-state index is 11.3. The first-order valence-electron chi connectivity index (χ1n) is 9.47. The average molecular weight is 448 g/mol. The molecule has 2 aromatic rings. The number of aliphatic hydroxyl groups is 1. The summed E-state index contributed by atoms with van der Waals surface area (Å²) in [6.45, 7) is 5.78. The van der Waals surface area contributed by atoms with Crippen molar-refractivity contribution >= 4 is 21.7 Å². The van der Waals surface area contributed by atoms with Crippen LogP contribution in [0.4, 0.5) is 0 Å². The second-order valence-corrected chi connectivity index (χ2v) is 8.04. The number of aliphatic hydroxyl groups excluding tert-OH is 1. The highest BCUT2D eigenvalue weighted by Gasteiger charge is 2.31. The molecule has 3 unspecified atom stereocenters. The molecule has 2 aromatic carbocycles. The lowest BCUT2D eigenvalue weighted by Gasteiger charge is -2.40. The standard InChI is InChI=1S/C22H26BrNO4/c1-15-22(18-3-7-19(23)8-4-18)27-12-11-24(15)13-20(26)14-28-21-9-5-17(6-10-21)16(2)25/h3-10,15,20,22,26H,11-14H2,1-2H3.